The number of benzene rings is 4. The van der Waals surface area contributed by atoms with Crippen molar-refractivity contribution in [3.63, 3.8) is 0 Å². The van der Waals surface area contributed by atoms with E-state index in [1.54, 1.807) is 0 Å². The summed E-state index contributed by atoms with van der Waals surface area (Å²) in [6.07, 6.45) is 0. The number of hydrogen-bond acceptors (Lipinski definition) is 19. The molecule has 0 aliphatic heterocycles. The van der Waals surface area contributed by atoms with Crippen LogP contribution in [0, 0.1) is 0 Å². The Balaban J connectivity index is 1.36. The van der Waals surface area contributed by atoms with Gasteiger partial charge in [0, 0.05) is 29.9 Å². The summed E-state index contributed by atoms with van der Waals surface area (Å²) in [7, 11) is -14.9. The van der Waals surface area contributed by atoms with Crippen LogP contribution in [-0.2, 0) is 39.8 Å². The van der Waals surface area contributed by atoms with E-state index in [4.69, 9.17) is 20.9 Å². The van der Waals surface area contributed by atoms with Crippen molar-refractivity contribution in [1.82, 2.24) is 15.0 Å². The quantitative estimate of drug-likeness (QED) is 0.0340. The number of carbonyl (C=O) groups is 2. The third-order valence-electron chi connectivity index (χ3n) is 8.47. The summed E-state index contributed by atoms with van der Waals surface area (Å²) in [5.74, 6) is -2.33. The molecule has 0 unspecified atom stereocenters. The molecule has 0 radical (unpaired) electrons. The fraction of sp³-hybridized carbons (Fsp3) is 0.171. The van der Waals surface area contributed by atoms with Gasteiger partial charge in [-0.2, -0.15) is 40.2 Å². The summed E-state index contributed by atoms with van der Waals surface area (Å²) in [6.45, 7) is 1.53. The number of hydrogen-bond donors (Lipinski definition) is 9. The Labute approximate surface area is 342 Å². The Hall–Kier alpha value is -6.16. The molecule has 1 heterocycles. The first-order valence-electron chi connectivity index (χ1n) is 17.3. The maximum Gasteiger partial charge on any atom is 0.296 e. The summed E-state index contributed by atoms with van der Waals surface area (Å²) in [4.78, 5) is 37.7. The second kappa shape index (κ2) is 17.6. The van der Waals surface area contributed by atoms with E-state index in [0.29, 0.717) is 19.8 Å². The molecule has 5 aromatic rings. The van der Waals surface area contributed by atoms with Gasteiger partial charge in [-0.3, -0.25) is 23.2 Å². The van der Waals surface area contributed by atoms with Crippen LogP contribution in [0.3, 0.4) is 0 Å². The van der Waals surface area contributed by atoms with Crippen LogP contribution in [0.2, 0.25) is 0 Å². The van der Waals surface area contributed by atoms with Gasteiger partial charge in [0.05, 0.1) is 60.3 Å². The zero-order valence-electron chi connectivity index (χ0n) is 30.8. The second-order valence-corrected chi connectivity index (χ2v) is 16.7. The topological polar surface area (TPSA) is 355 Å². The van der Waals surface area contributed by atoms with Crippen LogP contribution in [0.15, 0.2) is 87.5 Å². The standard InChI is InChI=1S/C35H35N9O13S3/c36-11-13-56-15-16-57-14-12-38-33-42-34(40-22-7-3-4-8-25(22)58(47,48)49)44-35(43-33)41-23-10-9-19(17-26(23)59(50,51)52)39-24-18-27(60(53,54)55)30(37)29-28(24)31(45)20-5-1-2-6-21(20)32(29)46/h1-10,17-18,39H,11-16,36-37H2,(H,47,48,49)(H,50,51,52)(H,53,54,55)(H3,38,40,41,42,43,44). The van der Waals surface area contributed by atoms with Gasteiger partial charge in [-0.05, 0) is 36.4 Å². The minimum atomic E-state index is -5.11. The number of para-hydroxylation sites is 1. The number of anilines is 8. The van der Waals surface area contributed by atoms with Crippen molar-refractivity contribution < 1.29 is 58.0 Å². The monoisotopic (exact) mass is 885 g/mol. The first-order valence-corrected chi connectivity index (χ1v) is 21.7. The average Bonchev–Trinajstić information content (AvgIpc) is 3.18. The maximum atomic E-state index is 13.8. The zero-order valence-corrected chi connectivity index (χ0v) is 33.3. The summed E-state index contributed by atoms with van der Waals surface area (Å²) < 4.78 is 115. The molecule has 4 aromatic carbocycles. The molecule has 0 atom stereocenters. The number of rotatable bonds is 18. The van der Waals surface area contributed by atoms with Crippen LogP contribution in [0.5, 0.6) is 0 Å². The Morgan fingerprint density at radius 1 is 0.567 bits per heavy atom. The van der Waals surface area contributed by atoms with E-state index in [0.717, 1.165) is 24.3 Å². The van der Waals surface area contributed by atoms with E-state index in [2.05, 4.69) is 36.2 Å². The molecule has 0 amide bonds. The molecule has 11 N–H and O–H groups in total. The van der Waals surface area contributed by atoms with Crippen molar-refractivity contribution in [2.24, 2.45) is 5.73 Å². The van der Waals surface area contributed by atoms with Gasteiger partial charge >= 0.3 is 0 Å². The third kappa shape index (κ3) is 9.82. The normalized spacial score (nSPS) is 12.7. The first-order chi connectivity index (χ1) is 28.4. The lowest BCUT2D eigenvalue weighted by molar-refractivity contribution is 0.0547. The maximum absolute atomic E-state index is 13.8. The van der Waals surface area contributed by atoms with E-state index in [1.165, 1.54) is 48.5 Å². The lowest BCUT2D eigenvalue weighted by atomic mass is 9.82. The molecule has 22 nitrogen and oxygen atoms in total. The zero-order chi connectivity index (χ0) is 43.4. The van der Waals surface area contributed by atoms with Crippen LogP contribution in [0.1, 0.15) is 31.8 Å². The predicted molar refractivity (Wildman–Crippen MR) is 215 cm³/mol. The van der Waals surface area contributed by atoms with Gasteiger partial charge in [0.2, 0.25) is 17.8 Å². The molecule has 0 fully saturated rings. The van der Waals surface area contributed by atoms with Gasteiger partial charge in [-0.15, -0.1) is 0 Å². The molecule has 6 rings (SSSR count). The third-order valence-corrected chi connectivity index (χ3v) is 11.2. The van der Waals surface area contributed by atoms with E-state index in [9.17, 15) is 48.5 Å². The Morgan fingerprint density at radius 3 is 1.70 bits per heavy atom. The number of nitrogens with zero attached hydrogens (tertiary/aromatic N) is 3. The van der Waals surface area contributed by atoms with E-state index >= 15 is 0 Å². The average molecular weight is 886 g/mol. The molecule has 1 aliphatic rings. The number of carbonyl (C=O) groups excluding carboxylic acids is 2. The van der Waals surface area contributed by atoms with E-state index < -0.39 is 67.9 Å². The van der Waals surface area contributed by atoms with Crippen molar-refractivity contribution in [2.75, 3.05) is 66.5 Å². The molecule has 25 heteroatoms. The fourth-order valence-corrected chi connectivity index (χ4v) is 7.89. The highest BCUT2D eigenvalue weighted by atomic mass is 32.2. The summed E-state index contributed by atoms with van der Waals surface area (Å²) in [5, 5.41) is 10.9. The number of ketones is 2. The van der Waals surface area contributed by atoms with E-state index in [1.807, 2.05) is 0 Å². The van der Waals surface area contributed by atoms with Crippen LogP contribution in [0.4, 0.5) is 46.3 Å². The predicted octanol–water partition coefficient (Wildman–Crippen LogP) is 2.60. The smallest absolute Gasteiger partial charge is 0.296 e. The fourth-order valence-electron chi connectivity index (χ4n) is 5.92. The van der Waals surface area contributed by atoms with Gasteiger partial charge in [0.15, 0.2) is 11.6 Å². The number of nitrogens with one attached hydrogen (secondary N) is 4. The molecule has 0 saturated heterocycles. The second-order valence-electron chi connectivity index (χ2n) is 12.5. The lowest BCUT2D eigenvalue weighted by Gasteiger charge is -2.24. The number of ether oxygens (including phenoxy) is 2. The highest BCUT2D eigenvalue weighted by molar-refractivity contribution is 7.86. The Bertz CT molecular complexity index is 2840. The molecule has 0 spiro atoms. The molecule has 1 aliphatic carbocycles. The van der Waals surface area contributed by atoms with Crippen LogP contribution in [-0.4, -0.2) is 105 Å². The van der Waals surface area contributed by atoms with E-state index in [-0.39, 0.29) is 77.0 Å². The summed E-state index contributed by atoms with van der Waals surface area (Å²) >= 11 is 0. The minimum absolute atomic E-state index is 0.0303. The molecule has 0 saturated carbocycles. The number of nitrogen functional groups attached to an aromatic ring is 1. The van der Waals surface area contributed by atoms with Crippen molar-refractivity contribution in [1.29, 1.82) is 0 Å². The van der Waals surface area contributed by atoms with Crippen LogP contribution >= 0.6 is 0 Å². The van der Waals surface area contributed by atoms with Gasteiger partial charge in [-0.1, -0.05) is 36.4 Å². The summed E-state index contributed by atoms with van der Waals surface area (Å²) in [5.41, 5.74) is 8.77. The SMILES string of the molecule is NCCOCCOCCNc1nc(Nc2ccccc2S(=O)(=O)O)nc(Nc2ccc(Nc3cc(S(=O)(=O)O)c(N)c4c3C(=O)c3ccccc3C4=O)cc2S(=O)(=O)O)n1. The Morgan fingerprint density at radius 2 is 1.10 bits per heavy atom. The number of fused-ring (bicyclic) bond motifs is 2. The van der Waals surface area contributed by atoms with Crippen molar-refractivity contribution in [3.05, 3.63) is 95.1 Å². The largest absolute Gasteiger partial charge is 0.397 e. The minimum Gasteiger partial charge on any atom is -0.397 e. The van der Waals surface area contributed by atoms with Crippen molar-refractivity contribution >= 4 is 88.2 Å². The number of nitrogens with two attached hydrogens (primary N) is 2. The van der Waals surface area contributed by atoms with Gasteiger partial charge < -0.3 is 42.2 Å². The van der Waals surface area contributed by atoms with Crippen LogP contribution in [0.25, 0.3) is 0 Å². The highest BCUT2D eigenvalue weighted by Crippen LogP contribution is 2.41. The first kappa shape index (κ1) is 43.4. The Kier molecular flexibility index (Phi) is 12.7. The van der Waals surface area contributed by atoms with Crippen molar-refractivity contribution in [3.8, 4) is 0 Å². The molecular weight excluding hydrogens is 851 g/mol. The lowest BCUT2D eigenvalue weighted by Crippen LogP contribution is -2.25. The van der Waals surface area contributed by atoms with Gasteiger partial charge in [0.25, 0.3) is 30.4 Å². The number of aromatic nitrogens is 3. The molecule has 60 heavy (non-hydrogen) atoms. The van der Waals surface area contributed by atoms with Gasteiger partial charge in [-0.25, -0.2) is 0 Å². The van der Waals surface area contributed by atoms with Crippen LogP contribution < -0.4 is 32.7 Å². The molecule has 316 valence electrons. The molecular formula is C35H35N9O13S3. The molecule has 1 aromatic heterocycles. The van der Waals surface area contributed by atoms with Crippen molar-refractivity contribution in [2.45, 2.75) is 14.7 Å². The summed E-state index contributed by atoms with van der Waals surface area (Å²) in [6, 6.07) is 15.0. The van der Waals surface area contributed by atoms with Gasteiger partial charge in [0.1, 0.15) is 14.7 Å². The molecule has 0 bridgehead atoms. The highest BCUT2D eigenvalue weighted by Gasteiger charge is 2.36.